The molecule has 0 fully saturated rings. The van der Waals surface area contributed by atoms with Crippen molar-refractivity contribution < 1.29 is 9.72 Å². The summed E-state index contributed by atoms with van der Waals surface area (Å²) in [7, 11) is 0. The average molecular weight is 396 g/mol. The molecule has 0 saturated carbocycles. The first-order valence-corrected chi connectivity index (χ1v) is 10.2. The predicted octanol–water partition coefficient (Wildman–Crippen LogP) is 2.30. The summed E-state index contributed by atoms with van der Waals surface area (Å²) < 4.78 is 0. The Bertz CT molecular complexity index is 641. The van der Waals surface area contributed by atoms with Gasteiger partial charge in [0.15, 0.2) is 5.96 Å². The highest BCUT2D eigenvalue weighted by atomic mass is 32.2. The van der Waals surface area contributed by atoms with E-state index in [1.807, 2.05) is 20.8 Å². The Kier molecular flexibility index (Phi) is 9.63. The van der Waals surface area contributed by atoms with Crippen molar-refractivity contribution in [2.75, 3.05) is 25.1 Å². The van der Waals surface area contributed by atoms with Gasteiger partial charge in [-0.2, -0.15) is 11.8 Å². The van der Waals surface area contributed by atoms with E-state index in [1.165, 1.54) is 12.1 Å². The van der Waals surface area contributed by atoms with Crippen LogP contribution in [0.15, 0.2) is 29.3 Å². The Morgan fingerprint density at radius 2 is 1.89 bits per heavy atom. The van der Waals surface area contributed by atoms with Gasteiger partial charge in [-0.25, -0.2) is 4.99 Å². The first-order valence-electron chi connectivity index (χ1n) is 8.77. The highest BCUT2D eigenvalue weighted by molar-refractivity contribution is 7.98. The monoisotopic (exact) mass is 395 g/mol. The summed E-state index contributed by atoms with van der Waals surface area (Å²) >= 11 is 1.77. The van der Waals surface area contributed by atoms with Crippen molar-refractivity contribution >= 4 is 29.3 Å². The third-order valence-electron chi connectivity index (χ3n) is 3.32. The Hall–Kier alpha value is -2.29. The summed E-state index contributed by atoms with van der Waals surface area (Å²) in [6.45, 7) is 7.00. The van der Waals surface area contributed by atoms with Crippen LogP contribution in [-0.4, -0.2) is 47.4 Å². The molecule has 0 radical (unpaired) electrons. The van der Waals surface area contributed by atoms with Gasteiger partial charge in [-0.05, 0) is 44.8 Å². The van der Waals surface area contributed by atoms with Gasteiger partial charge in [0.05, 0.1) is 18.0 Å². The second kappa shape index (κ2) is 11.4. The number of nitro groups is 1. The molecule has 150 valence electrons. The largest absolute Gasteiger partial charge is 0.356 e. The minimum Gasteiger partial charge on any atom is -0.356 e. The lowest BCUT2D eigenvalue weighted by Gasteiger charge is -2.21. The van der Waals surface area contributed by atoms with E-state index in [0.29, 0.717) is 12.5 Å². The Labute approximate surface area is 164 Å². The van der Waals surface area contributed by atoms with E-state index in [1.54, 1.807) is 23.9 Å². The van der Waals surface area contributed by atoms with E-state index in [-0.39, 0.29) is 23.7 Å². The minimum absolute atomic E-state index is 0.0510. The van der Waals surface area contributed by atoms with Crippen LogP contribution in [0.2, 0.25) is 0 Å². The minimum atomic E-state index is -0.429. The number of nitrogens with one attached hydrogen (secondary N) is 3. The van der Waals surface area contributed by atoms with E-state index in [2.05, 4.69) is 27.2 Å². The third-order valence-corrected chi connectivity index (χ3v) is 4.01. The van der Waals surface area contributed by atoms with Crippen LogP contribution in [0, 0.1) is 10.1 Å². The van der Waals surface area contributed by atoms with E-state index < -0.39 is 4.92 Å². The number of non-ortho nitro benzene ring substituents is 1. The summed E-state index contributed by atoms with van der Waals surface area (Å²) in [5.41, 5.74) is 0.612. The standard InChI is InChI=1S/C18H29N5O3S/c1-18(2,3)22-16(24)13-21-17(19-10-5-11-27-4)20-12-14-6-8-15(9-7-14)23(25)26/h6-9H,5,10-13H2,1-4H3,(H,22,24)(H2,19,20,21). The van der Waals surface area contributed by atoms with Crippen molar-refractivity contribution in [3.8, 4) is 0 Å². The fraction of sp³-hybridized carbons (Fsp3) is 0.556. The maximum atomic E-state index is 12.0. The summed E-state index contributed by atoms with van der Waals surface area (Å²) in [4.78, 5) is 26.8. The van der Waals surface area contributed by atoms with Crippen molar-refractivity contribution in [1.82, 2.24) is 16.0 Å². The fourth-order valence-electron chi connectivity index (χ4n) is 2.12. The summed E-state index contributed by atoms with van der Waals surface area (Å²) in [6, 6.07) is 6.28. The number of carbonyl (C=O) groups excluding carboxylic acids is 1. The van der Waals surface area contributed by atoms with Crippen molar-refractivity contribution in [1.29, 1.82) is 0 Å². The number of hydrogen-bond acceptors (Lipinski definition) is 5. The Balaban J connectivity index is 2.66. The van der Waals surface area contributed by atoms with Crippen molar-refractivity contribution in [2.24, 2.45) is 4.99 Å². The molecule has 27 heavy (non-hydrogen) atoms. The van der Waals surface area contributed by atoms with Gasteiger partial charge < -0.3 is 16.0 Å². The Morgan fingerprint density at radius 3 is 2.44 bits per heavy atom. The summed E-state index contributed by atoms with van der Waals surface area (Å²) in [6.07, 6.45) is 3.03. The quantitative estimate of drug-likeness (QED) is 0.195. The molecule has 1 aromatic rings. The van der Waals surface area contributed by atoms with E-state index >= 15 is 0 Å². The second-order valence-electron chi connectivity index (χ2n) is 7.01. The molecule has 0 atom stereocenters. The van der Waals surface area contributed by atoms with Crippen LogP contribution in [0.25, 0.3) is 0 Å². The van der Waals surface area contributed by atoms with Crippen LogP contribution in [-0.2, 0) is 11.3 Å². The predicted molar refractivity (Wildman–Crippen MR) is 111 cm³/mol. The van der Waals surface area contributed by atoms with Gasteiger partial charge in [0.2, 0.25) is 5.91 Å². The van der Waals surface area contributed by atoms with Crippen LogP contribution < -0.4 is 16.0 Å². The maximum Gasteiger partial charge on any atom is 0.269 e. The van der Waals surface area contributed by atoms with Crippen LogP contribution in [0.5, 0.6) is 0 Å². The number of amides is 1. The smallest absolute Gasteiger partial charge is 0.269 e. The average Bonchev–Trinajstić information content (AvgIpc) is 2.59. The third kappa shape index (κ3) is 10.4. The lowest BCUT2D eigenvalue weighted by Crippen LogP contribution is -2.48. The zero-order valence-corrected chi connectivity index (χ0v) is 17.2. The maximum absolute atomic E-state index is 12.0. The normalized spacial score (nSPS) is 11.8. The van der Waals surface area contributed by atoms with Gasteiger partial charge >= 0.3 is 0 Å². The molecule has 1 rings (SSSR count). The van der Waals surface area contributed by atoms with Crippen LogP contribution in [0.4, 0.5) is 5.69 Å². The molecule has 0 heterocycles. The van der Waals surface area contributed by atoms with Gasteiger partial charge in [0.1, 0.15) is 0 Å². The SMILES string of the molecule is CSCCCNC(=NCc1ccc([N+](=O)[O-])cc1)NCC(=O)NC(C)(C)C. The molecule has 9 heteroatoms. The number of aliphatic imine (C=N–C) groups is 1. The van der Waals surface area contributed by atoms with Crippen LogP contribution in [0.3, 0.4) is 0 Å². The van der Waals surface area contributed by atoms with Gasteiger partial charge in [0.25, 0.3) is 5.69 Å². The van der Waals surface area contributed by atoms with E-state index in [0.717, 1.165) is 24.3 Å². The molecule has 0 aromatic heterocycles. The second-order valence-corrected chi connectivity index (χ2v) is 8.00. The number of guanidine groups is 1. The molecule has 1 aromatic carbocycles. The number of benzene rings is 1. The van der Waals surface area contributed by atoms with Crippen molar-refractivity contribution in [3.63, 3.8) is 0 Å². The molecule has 0 spiro atoms. The van der Waals surface area contributed by atoms with Crippen LogP contribution in [0.1, 0.15) is 32.8 Å². The highest BCUT2D eigenvalue weighted by Crippen LogP contribution is 2.12. The Morgan fingerprint density at radius 1 is 1.22 bits per heavy atom. The summed E-state index contributed by atoms with van der Waals surface area (Å²) in [5, 5.41) is 19.8. The lowest BCUT2D eigenvalue weighted by atomic mass is 10.1. The molecule has 0 unspecified atom stereocenters. The van der Waals surface area contributed by atoms with Crippen LogP contribution >= 0.6 is 11.8 Å². The molecule has 8 nitrogen and oxygen atoms in total. The molecule has 0 aliphatic heterocycles. The zero-order valence-electron chi connectivity index (χ0n) is 16.4. The lowest BCUT2D eigenvalue weighted by molar-refractivity contribution is -0.384. The van der Waals surface area contributed by atoms with E-state index in [4.69, 9.17) is 0 Å². The molecule has 1 amide bonds. The molecular formula is C18H29N5O3S. The molecular weight excluding hydrogens is 366 g/mol. The molecule has 0 aliphatic carbocycles. The number of nitrogens with zero attached hydrogens (tertiary/aromatic N) is 2. The number of rotatable bonds is 9. The van der Waals surface area contributed by atoms with Gasteiger partial charge in [-0.3, -0.25) is 14.9 Å². The topological polar surface area (TPSA) is 109 Å². The first kappa shape index (κ1) is 22.8. The van der Waals surface area contributed by atoms with Gasteiger partial charge in [-0.1, -0.05) is 12.1 Å². The van der Waals surface area contributed by atoms with Gasteiger partial charge in [-0.15, -0.1) is 0 Å². The van der Waals surface area contributed by atoms with E-state index in [9.17, 15) is 14.9 Å². The molecule has 3 N–H and O–H groups in total. The highest BCUT2D eigenvalue weighted by Gasteiger charge is 2.13. The zero-order chi connectivity index (χ0) is 20.3. The van der Waals surface area contributed by atoms with Crippen molar-refractivity contribution in [2.45, 2.75) is 39.3 Å². The number of nitro benzene ring substituents is 1. The van der Waals surface area contributed by atoms with Crippen molar-refractivity contribution in [3.05, 3.63) is 39.9 Å². The summed E-state index contributed by atoms with van der Waals surface area (Å²) in [5.74, 6) is 1.46. The first-order chi connectivity index (χ1) is 12.7. The number of thioether (sulfide) groups is 1. The molecule has 0 aliphatic rings. The number of carbonyl (C=O) groups is 1. The molecule has 0 saturated heterocycles. The van der Waals surface area contributed by atoms with Gasteiger partial charge in [0, 0.05) is 24.2 Å². The number of hydrogen-bond donors (Lipinski definition) is 3. The fourth-order valence-corrected chi connectivity index (χ4v) is 2.55. The molecule has 0 bridgehead atoms.